The molecule has 2 rings (SSSR count). The summed E-state index contributed by atoms with van der Waals surface area (Å²) in [5, 5.41) is 0. The number of halogens is 3. The van der Waals surface area contributed by atoms with Gasteiger partial charge in [-0.25, -0.2) is 9.97 Å². The van der Waals surface area contributed by atoms with Crippen LogP contribution in [0, 0.1) is 0 Å². The molecular formula is C14H21F3N4. The van der Waals surface area contributed by atoms with Crippen LogP contribution in [0.2, 0.25) is 0 Å². The Hall–Kier alpha value is -1.37. The highest BCUT2D eigenvalue weighted by Crippen LogP contribution is 2.30. The van der Waals surface area contributed by atoms with Crippen LogP contribution in [0.5, 0.6) is 0 Å². The molecule has 1 heterocycles. The molecule has 4 nitrogen and oxygen atoms in total. The van der Waals surface area contributed by atoms with Gasteiger partial charge in [0.2, 0.25) is 5.95 Å². The molecule has 0 amide bonds. The summed E-state index contributed by atoms with van der Waals surface area (Å²) in [6, 6.07) is 1.28. The van der Waals surface area contributed by atoms with Crippen LogP contribution in [0.4, 0.5) is 19.1 Å². The summed E-state index contributed by atoms with van der Waals surface area (Å²) in [5.41, 5.74) is 5.00. The Labute approximate surface area is 122 Å². The molecule has 1 aliphatic carbocycles. The molecule has 0 bridgehead atoms. The van der Waals surface area contributed by atoms with Crippen LogP contribution in [0.15, 0.2) is 12.3 Å². The van der Waals surface area contributed by atoms with E-state index in [1.165, 1.54) is 6.20 Å². The Bertz CT molecular complexity index is 456. The van der Waals surface area contributed by atoms with Crippen molar-refractivity contribution in [3.05, 3.63) is 18.0 Å². The van der Waals surface area contributed by atoms with Crippen molar-refractivity contribution in [3.63, 3.8) is 0 Å². The highest BCUT2D eigenvalue weighted by atomic mass is 19.4. The largest absolute Gasteiger partial charge is 0.433 e. The first-order valence-electron chi connectivity index (χ1n) is 7.34. The summed E-state index contributed by atoms with van der Waals surface area (Å²) >= 11 is 0. The van der Waals surface area contributed by atoms with Crippen LogP contribution >= 0.6 is 0 Å². The van der Waals surface area contributed by atoms with Crippen LogP contribution in [0.25, 0.3) is 0 Å². The maximum Gasteiger partial charge on any atom is 0.433 e. The third kappa shape index (κ3) is 4.06. The fraction of sp³-hybridized carbons (Fsp3) is 0.714. The molecule has 0 saturated heterocycles. The predicted molar refractivity (Wildman–Crippen MR) is 74.9 cm³/mol. The summed E-state index contributed by atoms with van der Waals surface area (Å²) in [7, 11) is 0. The standard InChI is InChI=1S/C14H21F3N4/c1-2-9-21(11-5-3-10(18)4-6-11)13-19-8-7-12(20-13)14(15,16)17/h7-8,10-11H,2-6,9,18H2,1H3. The van der Waals surface area contributed by atoms with Gasteiger partial charge in [-0.3, -0.25) is 0 Å². The molecule has 2 N–H and O–H groups in total. The van der Waals surface area contributed by atoms with Gasteiger partial charge in [-0.1, -0.05) is 6.92 Å². The minimum Gasteiger partial charge on any atom is -0.338 e. The van der Waals surface area contributed by atoms with Gasteiger partial charge >= 0.3 is 6.18 Å². The fourth-order valence-electron chi connectivity index (χ4n) is 2.74. The Morgan fingerprint density at radius 1 is 1.29 bits per heavy atom. The first kappa shape index (κ1) is 16.0. The van der Waals surface area contributed by atoms with E-state index in [1.807, 2.05) is 11.8 Å². The van der Waals surface area contributed by atoms with Crippen LogP contribution in [0.3, 0.4) is 0 Å². The van der Waals surface area contributed by atoms with Gasteiger partial charge in [-0.05, 0) is 38.2 Å². The van der Waals surface area contributed by atoms with Crippen molar-refractivity contribution >= 4 is 5.95 Å². The van der Waals surface area contributed by atoms with Gasteiger partial charge in [0.15, 0.2) is 0 Å². The molecule has 0 radical (unpaired) electrons. The minimum absolute atomic E-state index is 0.173. The molecule has 0 spiro atoms. The van der Waals surface area contributed by atoms with Crippen molar-refractivity contribution in [2.75, 3.05) is 11.4 Å². The number of nitrogens with zero attached hydrogens (tertiary/aromatic N) is 3. The SMILES string of the molecule is CCCN(c1nccc(C(F)(F)F)n1)C1CCC(N)CC1. The van der Waals surface area contributed by atoms with Gasteiger partial charge in [0, 0.05) is 24.8 Å². The van der Waals surface area contributed by atoms with Gasteiger partial charge in [-0.2, -0.15) is 13.2 Å². The lowest BCUT2D eigenvalue weighted by Crippen LogP contribution is -2.42. The van der Waals surface area contributed by atoms with Crippen LogP contribution < -0.4 is 10.6 Å². The van der Waals surface area contributed by atoms with E-state index in [4.69, 9.17) is 5.73 Å². The van der Waals surface area contributed by atoms with E-state index in [9.17, 15) is 13.2 Å². The maximum atomic E-state index is 12.8. The lowest BCUT2D eigenvalue weighted by atomic mass is 9.91. The lowest BCUT2D eigenvalue weighted by molar-refractivity contribution is -0.141. The number of hydrogen-bond acceptors (Lipinski definition) is 4. The van der Waals surface area contributed by atoms with E-state index >= 15 is 0 Å². The number of nitrogens with two attached hydrogens (primary N) is 1. The second-order valence-electron chi connectivity index (χ2n) is 5.50. The molecule has 21 heavy (non-hydrogen) atoms. The average Bonchev–Trinajstić information content (AvgIpc) is 2.45. The van der Waals surface area contributed by atoms with Crippen LogP contribution in [0.1, 0.15) is 44.7 Å². The molecule has 1 saturated carbocycles. The zero-order valence-electron chi connectivity index (χ0n) is 12.1. The number of anilines is 1. The highest BCUT2D eigenvalue weighted by Gasteiger charge is 2.34. The zero-order valence-corrected chi connectivity index (χ0v) is 12.1. The minimum atomic E-state index is -4.44. The van der Waals surface area contributed by atoms with E-state index in [1.54, 1.807) is 0 Å². The van der Waals surface area contributed by atoms with E-state index in [0.717, 1.165) is 38.2 Å². The molecule has 1 aromatic heterocycles. The number of rotatable bonds is 4. The maximum absolute atomic E-state index is 12.8. The van der Waals surface area contributed by atoms with Crippen molar-refractivity contribution in [1.29, 1.82) is 0 Å². The molecule has 7 heteroatoms. The summed E-state index contributed by atoms with van der Waals surface area (Å²) < 4.78 is 38.4. The van der Waals surface area contributed by atoms with Crippen molar-refractivity contribution in [3.8, 4) is 0 Å². The zero-order chi connectivity index (χ0) is 15.5. The third-order valence-electron chi connectivity index (χ3n) is 3.84. The molecule has 118 valence electrons. The Morgan fingerprint density at radius 2 is 1.95 bits per heavy atom. The molecule has 0 aliphatic heterocycles. The van der Waals surface area contributed by atoms with E-state index in [0.29, 0.717) is 6.54 Å². The molecule has 0 atom stereocenters. The molecule has 1 aromatic rings. The summed E-state index contributed by atoms with van der Waals surface area (Å²) in [4.78, 5) is 9.67. The first-order valence-corrected chi connectivity index (χ1v) is 7.34. The van der Waals surface area contributed by atoms with Gasteiger partial charge in [0.1, 0.15) is 5.69 Å². The summed E-state index contributed by atoms with van der Waals surface area (Å²) in [6.07, 6.45) is 1.12. The van der Waals surface area contributed by atoms with Gasteiger partial charge in [-0.15, -0.1) is 0 Å². The predicted octanol–water partition coefficient (Wildman–Crippen LogP) is 2.98. The topological polar surface area (TPSA) is 55.0 Å². The molecule has 0 unspecified atom stereocenters. The summed E-state index contributed by atoms with van der Waals surface area (Å²) in [6.45, 7) is 2.65. The molecule has 0 aromatic carbocycles. The molecule has 1 aliphatic rings. The Morgan fingerprint density at radius 3 is 2.52 bits per heavy atom. The average molecular weight is 302 g/mol. The van der Waals surface area contributed by atoms with Gasteiger partial charge in [0.25, 0.3) is 0 Å². The van der Waals surface area contributed by atoms with E-state index in [2.05, 4.69) is 9.97 Å². The smallest absolute Gasteiger partial charge is 0.338 e. The van der Waals surface area contributed by atoms with Gasteiger partial charge < -0.3 is 10.6 Å². The van der Waals surface area contributed by atoms with Crippen molar-refractivity contribution in [2.24, 2.45) is 5.73 Å². The molecule has 1 fully saturated rings. The first-order chi connectivity index (χ1) is 9.91. The van der Waals surface area contributed by atoms with Crippen LogP contribution in [-0.2, 0) is 6.18 Å². The molecular weight excluding hydrogens is 281 g/mol. The Kier molecular flexibility index (Phi) is 5.03. The number of aromatic nitrogens is 2. The second-order valence-corrected chi connectivity index (χ2v) is 5.50. The van der Waals surface area contributed by atoms with Crippen molar-refractivity contribution in [2.45, 2.75) is 57.3 Å². The fourth-order valence-corrected chi connectivity index (χ4v) is 2.74. The number of alkyl halides is 3. The van der Waals surface area contributed by atoms with Crippen molar-refractivity contribution < 1.29 is 13.2 Å². The second kappa shape index (κ2) is 6.60. The highest BCUT2D eigenvalue weighted by molar-refractivity contribution is 5.33. The van der Waals surface area contributed by atoms with E-state index in [-0.39, 0.29) is 18.0 Å². The van der Waals surface area contributed by atoms with Crippen molar-refractivity contribution in [1.82, 2.24) is 9.97 Å². The van der Waals surface area contributed by atoms with Crippen LogP contribution in [-0.4, -0.2) is 28.6 Å². The third-order valence-corrected chi connectivity index (χ3v) is 3.84. The lowest BCUT2D eigenvalue weighted by Gasteiger charge is -2.36. The number of hydrogen-bond donors (Lipinski definition) is 1. The monoisotopic (exact) mass is 302 g/mol. The quantitative estimate of drug-likeness (QED) is 0.929. The normalized spacial score (nSPS) is 23.1. The Balaban J connectivity index is 2.21. The van der Waals surface area contributed by atoms with Gasteiger partial charge in [0.05, 0.1) is 0 Å². The summed E-state index contributed by atoms with van der Waals surface area (Å²) in [5.74, 6) is 0.173. The van der Waals surface area contributed by atoms with E-state index < -0.39 is 11.9 Å².